The van der Waals surface area contributed by atoms with Gasteiger partial charge in [-0.25, -0.2) is 0 Å². The fraction of sp³-hybridized carbons (Fsp3) is 0.385. The van der Waals surface area contributed by atoms with Crippen LogP contribution in [0.1, 0.15) is 22.2 Å². The van der Waals surface area contributed by atoms with Crippen LogP contribution in [0, 0.1) is 0 Å². The Kier molecular flexibility index (Phi) is 5.01. The van der Waals surface area contributed by atoms with Gasteiger partial charge in [0.25, 0.3) is 0 Å². The lowest BCUT2D eigenvalue weighted by molar-refractivity contribution is -0.133. The molecule has 0 aliphatic heterocycles. The van der Waals surface area contributed by atoms with Crippen molar-refractivity contribution < 1.29 is 13.2 Å². The molecule has 1 nitrogen and oxygen atoms in total. The quantitative estimate of drug-likeness (QED) is 0.820. The second-order valence-corrected chi connectivity index (χ2v) is 6.18. The van der Waals surface area contributed by atoms with Crippen molar-refractivity contribution >= 4 is 22.7 Å². The summed E-state index contributed by atoms with van der Waals surface area (Å²) >= 11 is 3.20. The second kappa shape index (κ2) is 6.54. The Bertz CT molecular complexity index is 463. The second-order valence-electron chi connectivity index (χ2n) is 4.17. The van der Waals surface area contributed by atoms with Crippen LogP contribution < -0.4 is 5.32 Å². The minimum Gasteiger partial charge on any atom is -0.309 e. The summed E-state index contributed by atoms with van der Waals surface area (Å²) in [5, 5.41) is 6.94. The van der Waals surface area contributed by atoms with Gasteiger partial charge in [0.05, 0.1) is 6.42 Å². The first-order valence-electron chi connectivity index (χ1n) is 5.90. The molecule has 104 valence electrons. The number of hydrogen-bond acceptors (Lipinski definition) is 3. The molecule has 0 radical (unpaired) electrons. The van der Waals surface area contributed by atoms with Gasteiger partial charge in [-0.2, -0.15) is 13.2 Å². The van der Waals surface area contributed by atoms with Crippen molar-refractivity contribution in [2.45, 2.75) is 25.1 Å². The van der Waals surface area contributed by atoms with Gasteiger partial charge in [-0.3, -0.25) is 0 Å². The molecule has 1 unspecified atom stereocenters. The Hall–Kier alpha value is -0.850. The third-order valence-electron chi connectivity index (χ3n) is 2.67. The first-order valence-corrected chi connectivity index (χ1v) is 7.66. The maximum absolute atomic E-state index is 12.2. The maximum Gasteiger partial charge on any atom is 0.390 e. The summed E-state index contributed by atoms with van der Waals surface area (Å²) < 4.78 is 36.6. The van der Waals surface area contributed by atoms with Crippen molar-refractivity contribution in [1.29, 1.82) is 0 Å². The summed E-state index contributed by atoms with van der Waals surface area (Å²) in [5.41, 5.74) is 0. The molecular formula is C13H14F3NS2. The molecule has 0 aliphatic rings. The molecule has 1 N–H and O–H groups in total. The molecule has 19 heavy (non-hydrogen) atoms. The lowest BCUT2D eigenvalue weighted by Gasteiger charge is -2.17. The van der Waals surface area contributed by atoms with Crippen molar-refractivity contribution in [3.63, 3.8) is 0 Å². The van der Waals surface area contributed by atoms with Gasteiger partial charge in [0.2, 0.25) is 0 Å². The van der Waals surface area contributed by atoms with Gasteiger partial charge in [0.1, 0.15) is 0 Å². The zero-order valence-corrected chi connectivity index (χ0v) is 11.7. The first kappa shape index (κ1) is 14.6. The Morgan fingerprint density at radius 1 is 1.11 bits per heavy atom. The lowest BCUT2D eigenvalue weighted by atomic mass is 10.1. The van der Waals surface area contributed by atoms with Gasteiger partial charge in [0.15, 0.2) is 0 Å². The van der Waals surface area contributed by atoms with Crippen LogP contribution in [0.25, 0.3) is 0 Å². The van der Waals surface area contributed by atoms with Gasteiger partial charge in [-0.05, 0) is 22.9 Å². The van der Waals surface area contributed by atoms with Crippen LogP contribution in [-0.4, -0.2) is 12.7 Å². The molecular weight excluding hydrogens is 291 g/mol. The molecule has 1 atom stereocenters. The molecule has 0 aromatic carbocycles. The monoisotopic (exact) mass is 305 g/mol. The van der Waals surface area contributed by atoms with Crippen molar-refractivity contribution in [2.75, 3.05) is 6.54 Å². The predicted molar refractivity (Wildman–Crippen MR) is 73.8 cm³/mol. The highest BCUT2D eigenvalue weighted by Gasteiger charge is 2.27. The van der Waals surface area contributed by atoms with Gasteiger partial charge in [0, 0.05) is 28.8 Å². The molecule has 0 aliphatic carbocycles. The fourth-order valence-electron chi connectivity index (χ4n) is 1.78. The van der Waals surface area contributed by atoms with Crippen LogP contribution in [0.5, 0.6) is 0 Å². The van der Waals surface area contributed by atoms with Crippen LogP contribution in [0.15, 0.2) is 35.0 Å². The highest BCUT2D eigenvalue weighted by molar-refractivity contribution is 7.10. The van der Waals surface area contributed by atoms with Gasteiger partial charge < -0.3 is 5.32 Å². The average Bonchev–Trinajstić information content (AvgIpc) is 2.99. The standard InChI is InChI=1S/C13H14F3NS2/c14-13(15,16)5-6-17-11(12-4-2-8-19-12)9-10-3-1-7-18-10/h1-4,7-8,11,17H,5-6,9H2. The van der Waals surface area contributed by atoms with E-state index < -0.39 is 12.6 Å². The zero-order chi connectivity index (χ0) is 13.7. The molecule has 0 spiro atoms. The summed E-state index contributed by atoms with van der Waals surface area (Å²) in [6.45, 7) is -0.0442. The van der Waals surface area contributed by atoms with Crippen LogP contribution in [0.3, 0.4) is 0 Å². The Labute approximate surface area is 118 Å². The third kappa shape index (κ3) is 4.97. The van der Waals surface area contributed by atoms with Crippen molar-refractivity contribution in [1.82, 2.24) is 5.32 Å². The topological polar surface area (TPSA) is 12.0 Å². The van der Waals surface area contributed by atoms with Crippen molar-refractivity contribution in [2.24, 2.45) is 0 Å². The molecule has 0 saturated heterocycles. The van der Waals surface area contributed by atoms with Crippen LogP contribution >= 0.6 is 22.7 Å². The minimum absolute atomic E-state index is 0.0407. The van der Waals surface area contributed by atoms with E-state index in [2.05, 4.69) is 5.32 Å². The number of rotatable bonds is 6. The van der Waals surface area contributed by atoms with E-state index in [1.807, 2.05) is 35.0 Å². The summed E-state index contributed by atoms with van der Waals surface area (Å²) in [7, 11) is 0. The molecule has 0 saturated carbocycles. The summed E-state index contributed by atoms with van der Waals surface area (Å²) in [4.78, 5) is 2.26. The van der Waals surface area contributed by atoms with E-state index in [0.717, 1.165) is 11.3 Å². The number of nitrogens with one attached hydrogen (secondary N) is 1. The normalized spacial score (nSPS) is 13.6. The number of thiophene rings is 2. The Balaban J connectivity index is 1.95. The predicted octanol–water partition coefficient (Wildman–Crippen LogP) is 4.64. The molecule has 2 heterocycles. The number of alkyl halides is 3. The van der Waals surface area contributed by atoms with E-state index in [0.29, 0.717) is 0 Å². The Morgan fingerprint density at radius 3 is 2.42 bits per heavy atom. The zero-order valence-electron chi connectivity index (χ0n) is 10.1. The van der Waals surface area contributed by atoms with E-state index in [4.69, 9.17) is 0 Å². The van der Waals surface area contributed by atoms with E-state index in [1.54, 1.807) is 22.7 Å². The largest absolute Gasteiger partial charge is 0.390 e. The average molecular weight is 305 g/mol. The summed E-state index contributed by atoms with van der Waals surface area (Å²) in [6, 6.07) is 7.81. The van der Waals surface area contributed by atoms with Gasteiger partial charge in [-0.1, -0.05) is 12.1 Å². The summed E-state index contributed by atoms with van der Waals surface area (Å²) in [6.07, 6.45) is -4.16. The van der Waals surface area contributed by atoms with E-state index in [9.17, 15) is 13.2 Å². The fourth-order valence-corrected chi connectivity index (χ4v) is 3.34. The van der Waals surface area contributed by atoms with Crippen LogP contribution in [0.4, 0.5) is 13.2 Å². The van der Waals surface area contributed by atoms with Gasteiger partial charge >= 0.3 is 6.18 Å². The van der Waals surface area contributed by atoms with E-state index >= 15 is 0 Å². The van der Waals surface area contributed by atoms with Crippen molar-refractivity contribution in [3.8, 4) is 0 Å². The molecule has 0 amide bonds. The molecule has 2 aromatic rings. The first-order chi connectivity index (χ1) is 9.04. The maximum atomic E-state index is 12.2. The smallest absolute Gasteiger partial charge is 0.309 e. The summed E-state index contributed by atoms with van der Waals surface area (Å²) in [5.74, 6) is 0. The highest BCUT2D eigenvalue weighted by atomic mass is 32.1. The number of halogens is 3. The minimum atomic E-state index is -4.10. The molecule has 0 fully saturated rings. The third-order valence-corrected chi connectivity index (χ3v) is 4.56. The lowest BCUT2D eigenvalue weighted by Crippen LogP contribution is -2.27. The Morgan fingerprint density at radius 2 is 1.84 bits per heavy atom. The molecule has 2 rings (SSSR count). The molecule has 6 heteroatoms. The number of hydrogen-bond donors (Lipinski definition) is 1. The van der Waals surface area contributed by atoms with Crippen molar-refractivity contribution in [3.05, 3.63) is 44.8 Å². The molecule has 0 bridgehead atoms. The van der Waals surface area contributed by atoms with Gasteiger partial charge in [-0.15, -0.1) is 22.7 Å². The van der Waals surface area contributed by atoms with Crippen LogP contribution in [0.2, 0.25) is 0 Å². The molecule has 2 aromatic heterocycles. The highest BCUT2D eigenvalue weighted by Crippen LogP contribution is 2.26. The van der Waals surface area contributed by atoms with E-state index in [-0.39, 0.29) is 12.6 Å². The van der Waals surface area contributed by atoms with E-state index in [1.165, 1.54) is 4.88 Å². The van der Waals surface area contributed by atoms with Crippen LogP contribution in [-0.2, 0) is 6.42 Å². The SMILES string of the molecule is FC(F)(F)CCNC(Cc1cccs1)c1cccs1.